The molecule has 0 fully saturated rings. The average Bonchev–Trinajstić information content (AvgIpc) is 2.91. The molecule has 1 aromatic heterocycles. The standard InChI is InChI=1S/C14H16ClN3O3S/c1-20-11-3-4-12(21-2)13-8(11)5-18(7-10(13)19)6-9-14(15)22-17-16-9/h3-4,10,19H,5-7H2,1-2H3/t10-/m1/s1. The van der Waals surface area contributed by atoms with Crippen LogP contribution in [0.5, 0.6) is 11.5 Å². The van der Waals surface area contributed by atoms with Crippen molar-refractivity contribution in [2.45, 2.75) is 19.2 Å². The Morgan fingerprint density at radius 3 is 2.73 bits per heavy atom. The molecule has 1 N–H and O–H groups in total. The van der Waals surface area contributed by atoms with Crippen LogP contribution in [0.1, 0.15) is 22.9 Å². The maximum Gasteiger partial charge on any atom is 0.138 e. The summed E-state index contributed by atoms with van der Waals surface area (Å²) in [5.41, 5.74) is 2.45. The van der Waals surface area contributed by atoms with Crippen LogP contribution < -0.4 is 9.47 Å². The summed E-state index contributed by atoms with van der Waals surface area (Å²) < 4.78 is 15.2. The number of aromatic nitrogens is 2. The van der Waals surface area contributed by atoms with Crippen molar-refractivity contribution < 1.29 is 14.6 Å². The van der Waals surface area contributed by atoms with Gasteiger partial charge in [-0.25, -0.2) is 0 Å². The molecule has 1 aliphatic heterocycles. The minimum atomic E-state index is -0.654. The highest BCUT2D eigenvalue weighted by molar-refractivity contribution is 7.10. The van der Waals surface area contributed by atoms with Crippen molar-refractivity contribution in [3.63, 3.8) is 0 Å². The van der Waals surface area contributed by atoms with Crippen molar-refractivity contribution in [2.24, 2.45) is 0 Å². The number of hydrogen-bond donors (Lipinski definition) is 1. The van der Waals surface area contributed by atoms with E-state index in [4.69, 9.17) is 21.1 Å². The van der Waals surface area contributed by atoms with E-state index in [1.54, 1.807) is 14.2 Å². The summed E-state index contributed by atoms with van der Waals surface area (Å²) in [6, 6.07) is 3.67. The van der Waals surface area contributed by atoms with Gasteiger partial charge in [-0.3, -0.25) is 4.90 Å². The molecule has 0 spiro atoms. The number of halogens is 1. The normalized spacial score (nSPS) is 18.1. The first-order valence-electron chi connectivity index (χ1n) is 6.75. The average molecular weight is 342 g/mol. The number of methoxy groups -OCH3 is 2. The van der Waals surface area contributed by atoms with Gasteiger partial charge in [-0.1, -0.05) is 16.1 Å². The first-order valence-corrected chi connectivity index (χ1v) is 7.90. The molecule has 0 bridgehead atoms. The fraction of sp³-hybridized carbons (Fsp3) is 0.429. The summed E-state index contributed by atoms with van der Waals surface area (Å²) in [4.78, 5) is 2.07. The maximum atomic E-state index is 10.5. The number of aliphatic hydroxyl groups excluding tert-OH is 1. The topological polar surface area (TPSA) is 67.7 Å². The largest absolute Gasteiger partial charge is 0.496 e. The first kappa shape index (κ1) is 15.5. The number of ether oxygens (including phenoxy) is 2. The van der Waals surface area contributed by atoms with E-state index in [1.165, 1.54) is 0 Å². The van der Waals surface area contributed by atoms with Crippen LogP contribution in [0, 0.1) is 0 Å². The van der Waals surface area contributed by atoms with Crippen LogP contribution in [-0.2, 0) is 13.1 Å². The molecular weight excluding hydrogens is 326 g/mol. The maximum absolute atomic E-state index is 10.5. The van der Waals surface area contributed by atoms with Crippen molar-refractivity contribution in [2.75, 3.05) is 20.8 Å². The zero-order valence-corrected chi connectivity index (χ0v) is 13.8. The van der Waals surface area contributed by atoms with Crippen LogP contribution in [0.4, 0.5) is 0 Å². The second-order valence-electron chi connectivity index (χ2n) is 5.04. The third-order valence-electron chi connectivity index (χ3n) is 3.74. The minimum Gasteiger partial charge on any atom is -0.496 e. The molecule has 6 nitrogen and oxygen atoms in total. The van der Waals surface area contributed by atoms with Crippen molar-refractivity contribution in [3.05, 3.63) is 33.3 Å². The van der Waals surface area contributed by atoms with Gasteiger partial charge in [0.25, 0.3) is 0 Å². The predicted octanol–water partition coefficient (Wildman–Crippen LogP) is 2.26. The molecule has 0 amide bonds. The predicted molar refractivity (Wildman–Crippen MR) is 83.5 cm³/mol. The van der Waals surface area contributed by atoms with Gasteiger partial charge in [-0.05, 0) is 12.1 Å². The Morgan fingerprint density at radius 1 is 1.36 bits per heavy atom. The summed E-state index contributed by atoms with van der Waals surface area (Å²) in [6.45, 7) is 1.64. The van der Waals surface area contributed by atoms with Crippen molar-refractivity contribution in [1.82, 2.24) is 14.5 Å². The Kier molecular flexibility index (Phi) is 4.49. The number of β-amino-alcohol motifs (C(OH)–C–C–N with tert-alkyl or cyclic N) is 1. The van der Waals surface area contributed by atoms with Crippen LogP contribution in [0.25, 0.3) is 0 Å². The summed E-state index contributed by atoms with van der Waals surface area (Å²) in [5.74, 6) is 1.42. The monoisotopic (exact) mass is 341 g/mol. The van der Waals surface area contributed by atoms with Gasteiger partial charge in [0.2, 0.25) is 0 Å². The van der Waals surface area contributed by atoms with Gasteiger partial charge in [0, 0.05) is 42.3 Å². The zero-order chi connectivity index (χ0) is 15.7. The molecule has 1 aliphatic rings. The highest BCUT2D eigenvalue weighted by Gasteiger charge is 2.30. The second-order valence-corrected chi connectivity index (χ2v) is 6.40. The summed E-state index contributed by atoms with van der Waals surface area (Å²) >= 11 is 7.23. The van der Waals surface area contributed by atoms with E-state index >= 15 is 0 Å². The molecule has 0 saturated carbocycles. The van der Waals surface area contributed by atoms with Gasteiger partial charge in [-0.15, -0.1) is 5.10 Å². The fourth-order valence-electron chi connectivity index (χ4n) is 2.77. The van der Waals surface area contributed by atoms with E-state index in [9.17, 15) is 5.11 Å². The van der Waals surface area contributed by atoms with Gasteiger partial charge >= 0.3 is 0 Å². The molecule has 1 atom stereocenters. The Labute approximate surface area is 137 Å². The molecule has 1 aromatic carbocycles. The van der Waals surface area contributed by atoms with E-state index in [1.807, 2.05) is 12.1 Å². The highest BCUT2D eigenvalue weighted by Crippen LogP contribution is 2.39. The molecular formula is C14H16ClN3O3S. The lowest BCUT2D eigenvalue weighted by Gasteiger charge is -2.33. The molecule has 2 aromatic rings. The number of rotatable bonds is 4. The van der Waals surface area contributed by atoms with Gasteiger partial charge in [0.1, 0.15) is 21.5 Å². The lowest BCUT2D eigenvalue weighted by atomic mass is 9.95. The lowest BCUT2D eigenvalue weighted by Crippen LogP contribution is -2.34. The SMILES string of the molecule is COc1ccc(OC)c2c1CN(Cc1nnsc1Cl)C[C@H]2O. The van der Waals surface area contributed by atoms with Gasteiger partial charge in [0.15, 0.2) is 0 Å². The molecule has 22 heavy (non-hydrogen) atoms. The van der Waals surface area contributed by atoms with Crippen molar-refractivity contribution in [3.8, 4) is 11.5 Å². The fourth-order valence-corrected chi connectivity index (χ4v) is 3.38. The number of benzene rings is 1. The Bertz CT molecular complexity index is 679. The van der Waals surface area contributed by atoms with E-state index in [0.29, 0.717) is 29.7 Å². The molecule has 2 heterocycles. The molecule has 0 saturated heterocycles. The summed E-state index contributed by atoms with van der Waals surface area (Å²) in [5, 5.41) is 14.5. The lowest BCUT2D eigenvalue weighted by molar-refractivity contribution is 0.0836. The zero-order valence-electron chi connectivity index (χ0n) is 12.2. The first-order chi connectivity index (χ1) is 10.6. The third-order valence-corrected chi connectivity index (χ3v) is 4.73. The van der Waals surface area contributed by atoms with Crippen LogP contribution in [0.2, 0.25) is 4.34 Å². The summed E-state index contributed by atoms with van der Waals surface area (Å²) in [6.07, 6.45) is -0.654. The molecule has 0 aliphatic carbocycles. The summed E-state index contributed by atoms with van der Waals surface area (Å²) in [7, 11) is 3.22. The molecule has 8 heteroatoms. The second kappa shape index (κ2) is 6.37. The Morgan fingerprint density at radius 2 is 2.09 bits per heavy atom. The number of hydrogen-bond acceptors (Lipinski definition) is 7. The van der Waals surface area contributed by atoms with Crippen LogP contribution in [-0.4, -0.2) is 40.4 Å². The molecule has 118 valence electrons. The van der Waals surface area contributed by atoms with E-state index < -0.39 is 6.10 Å². The van der Waals surface area contributed by atoms with Crippen molar-refractivity contribution >= 4 is 23.1 Å². The number of nitrogens with zero attached hydrogens (tertiary/aromatic N) is 3. The Balaban J connectivity index is 1.92. The van der Waals surface area contributed by atoms with Crippen LogP contribution in [0.3, 0.4) is 0 Å². The molecule has 3 rings (SSSR count). The smallest absolute Gasteiger partial charge is 0.138 e. The third kappa shape index (κ3) is 2.77. The van der Waals surface area contributed by atoms with Gasteiger partial charge in [-0.2, -0.15) is 0 Å². The van der Waals surface area contributed by atoms with Gasteiger partial charge < -0.3 is 14.6 Å². The van der Waals surface area contributed by atoms with Crippen molar-refractivity contribution in [1.29, 1.82) is 0 Å². The minimum absolute atomic E-state index is 0.477. The quantitative estimate of drug-likeness (QED) is 0.920. The van der Waals surface area contributed by atoms with E-state index in [2.05, 4.69) is 14.5 Å². The Hall–Kier alpha value is -1.41. The van der Waals surface area contributed by atoms with Crippen LogP contribution in [0.15, 0.2) is 12.1 Å². The van der Waals surface area contributed by atoms with E-state index in [0.717, 1.165) is 34.1 Å². The van der Waals surface area contributed by atoms with Gasteiger partial charge in [0.05, 0.1) is 20.3 Å². The molecule has 0 radical (unpaired) electrons. The van der Waals surface area contributed by atoms with Crippen LogP contribution >= 0.6 is 23.1 Å². The number of aliphatic hydroxyl groups is 1. The number of fused-ring (bicyclic) bond motifs is 1. The molecule has 0 unspecified atom stereocenters. The van der Waals surface area contributed by atoms with E-state index in [-0.39, 0.29) is 0 Å². The highest BCUT2D eigenvalue weighted by atomic mass is 35.5.